The number of hydrogen-bond donors (Lipinski definition) is 3. The molecule has 3 atom stereocenters. The summed E-state index contributed by atoms with van der Waals surface area (Å²) in [4.78, 5) is 0. The predicted molar refractivity (Wildman–Crippen MR) is 98.5 cm³/mol. The maximum atomic E-state index is 14.7. The Hall–Kier alpha value is -1.29. The number of halogens is 1. The van der Waals surface area contributed by atoms with E-state index in [9.17, 15) is 19.7 Å². The average molecular weight is 352 g/mol. The number of hydrogen-bond acceptors (Lipinski definition) is 3. The highest BCUT2D eigenvalue weighted by Gasteiger charge is 2.41. The normalized spacial score (nSPS) is 24.5. The van der Waals surface area contributed by atoms with Crippen molar-refractivity contribution in [1.82, 2.24) is 0 Å². The fourth-order valence-corrected chi connectivity index (χ4v) is 4.36. The van der Waals surface area contributed by atoms with E-state index >= 15 is 0 Å². The molecule has 1 saturated carbocycles. The quantitative estimate of drug-likeness (QED) is 0.612. The van der Waals surface area contributed by atoms with Crippen molar-refractivity contribution in [3.63, 3.8) is 0 Å². The zero-order valence-corrected chi connectivity index (χ0v) is 16.0. The maximum Gasteiger partial charge on any atom is 0.168 e. The fourth-order valence-electron chi connectivity index (χ4n) is 4.36. The van der Waals surface area contributed by atoms with Gasteiger partial charge in [-0.2, -0.15) is 0 Å². The fraction of sp³-hybridized carbons (Fsp3) is 0.714. The molecule has 3 nitrogen and oxygen atoms in total. The number of phenols is 2. The van der Waals surface area contributed by atoms with Crippen molar-refractivity contribution in [2.75, 3.05) is 0 Å². The highest BCUT2D eigenvalue weighted by molar-refractivity contribution is 5.50. The first kappa shape index (κ1) is 20.0. The minimum absolute atomic E-state index is 0.0428. The first-order valence-electron chi connectivity index (χ1n) is 9.62. The lowest BCUT2D eigenvalue weighted by atomic mass is 9.65. The number of aliphatic hydroxyl groups is 1. The summed E-state index contributed by atoms with van der Waals surface area (Å²) < 4.78 is 14.7. The first-order valence-corrected chi connectivity index (χ1v) is 9.62. The zero-order chi connectivity index (χ0) is 18.8. The highest BCUT2D eigenvalue weighted by atomic mass is 19.1. The number of benzene rings is 1. The third-order valence-electron chi connectivity index (χ3n) is 5.77. The van der Waals surface area contributed by atoms with E-state index < -0.39 is 17.2 Å². The molecule has 0 bridgehead atoms. The van der Waals surface area contributed by atoms with Crippen LogP contribution < -0.4 is 0 Å². The lowest BCUT2D eigenvalue weighted by Crippen LogP contribution is -2.38. The van der Waals surface area contributed by atoms with Crippen molar-refractivity contribution in [2.24, 2.45) is 11.8 Å². The molecule has 0 aromatic heterocycles. The molecule has 0 spiro atoms. The molecule has 1 aliphatic rings. The Bertz CT molecular complexity index is 592. The van der Waals surface area contributed by atoms with Gasteiger partial charge in [0, 0.05) is 5.56 Å². The van der Waals surface area contributed by atoms with Gasteiger partial charge in [0.1, 0.15) is 5.75 Å². The second-order valence-electron chi connectivity index (χ2n) is 8.37. The average Bonchev–Trinajstić information content (AvgIpc) is 2.51. The van der Waals surface area contributed by atoms with E-state index in [-0.39, 0.29) is 23.1 Å². The van der Waals surface area contributed by atoms with Gasteiger partial charge in [0.2, 0.25) is 0 Å². The molecule has 2 rings (SSSR count). The third-order valence-corrected chi connectivity index (χ3v) is 5.77. The van der Waals surface area contributed by atoms with Gasteiger partial charge in [-0.3, -0.25) is 0 Å². The van der Waals surface area contributed by atoms with Crippen molar-refractivity contribution < 1.29 is 19.7 Å². The molecule has 0 radical (unpaired) electrons. The molecular weight excluding hydrogens is 319 g/mol. The van der Waals surface area contributed by atoms with Crippen LogP contribution in [0.5, 0.6) is 11.5 Å². The molecule has 0 amide bonds. The van der Waals surface area contributed by atoms with Crippen LogP contribution in [0.1, 0.15) is 83.3 Å². The Labute approximate surface area is 150 Å². The van der Waals surface area contributed by atoms with E-state index in [1.54, 1.807) is 13.8 Å². The summed E-state index contributed by atoms with van der Waals surface area (Å²) in [7, 11) is 0. The molecule has 0 saturated heterocycles. The largest absolute Gasteiger partial charge is 0.508 e. The Morgan fingerprint density at radius 2 is 1.88 bits per heavy atom. The second-order valence-corrected chi connectivity index (χ2v) is 8.37. The SMILES string of the molecule is CCCCCc1cc(O)c(C2CC(C)CCC2C(C)(C)O)c(O)c1F. The Balaban J connectivity index is 2.41. The molecule has 3 N–H and O–H groups in total. The van der Waals surface area contributed by atoms with Gasteiger partial charge >= 0.3 is 0 Å². The highest BCUT2D eigenvalue weighted by Crippen LogP contribution is 2.51. The van der Waals surface area contributed by atoms with E-state index in [4.69, 9.17) is 0 Å². The third kappa shape index (κ3) is 4.46. The standard InChI is InChI=1S/C21H33FO3/c1-5-6-7-8-14-12-17(23)18(20(24)19(14)22)15-11-13(2)9-10-16(15)21(3,4)25/h12-13,15-16,23-25H,5-11H2,1-4H3. The monoisotopic (exact) mass is 352 g/mol. The number of rotatable bonds is 6. The van der Waals surface area contributed by atoms with Crippen LogP contribution in [0.3, 0.4) is 0 Å². The maximum absolute atomic E-state index is 14.7. The van der Waals surface area contributed by atoms with E-state index in [2.05, 4.69) is 13.8 Å². The lowest BCUT2D eigenvalue weighted by molar-refractivity contribution is -0.0169. The van der Waals surface area contributed by atoms with Gasteiger partial charge in [-0.05, 0) is 68.9 Å². The van der Waals surface area contributed by atoms with Crippen LogP contribution in [0, 0.1) is 17.7 Å². The molecule has 1 aromatic carbocycles. The van der Waals surface area contributed by atoms with E-state index in [1.807, 2.05) is 0 Å². The number of aromatic hydroxyl groups is 2. The summed E-state index contributed by atoms with van der Waals surface area (Å²) in [5, 5.41) is 31.6. The molecule has 4 heteroatoms. The molecule has 1 aliphatic carbocycles. The van der Waals surface area contributed by atoms with Gasteiger partial charge in [-0.25, -0.2) is 4.39 Å². The summed E-state index contributed by atoms with van der Waals surface area (Å²) in [6.07, 6.45) is 5.88. The second kappa shape index (κ2) is 7.94. The number of phenolic OH excluding ortho intramolecular Hbond substituents is 2. The zero-order valence-electron chi connectivity index (χ0n) is 16.0. The van der Waals surface area contributed by atoms with E-state index in [1.165, 1.54) is 6.07 Å². The van der Waals surface area contributed by atoms with Gasteiger partial charge < -0.3 is 15.3 Å². The lowest BCUT2D eigenvalue weighted by Gasteiger charge is -2.42. The van der Waals surface area contributed by atoms with Crippen molar-refractivity contribution >= 4 is 0 Å². The van der Waals surface area contributed by atoms with Crippen molar-refractivity contribution in [2.45, 2.75) is 84.2 Å². The first-order chi connectivity index (χ1) is 11.7. The molecule has 25 heavy (non-hydrogen) atoms. The number of aryl methyl sites for hydroxylation is 1. The van der Waals surface area contributed by atoms with Gasteiger partial charge in [0.25, 0.3) is 0 Å². The number of unbranched alkanes of at least 4 members (excludes halogenated alkanes) is 2. The smallest absolute Gasteiger partial charge is 0.168 e. The minimum atomic E-state index is -0.944. The van der Waals surface area contributed by atoms with Crippen LogP contribution in [-0.2, 0) is 6.42 Å². The molecule has 1 aromatic rings. The molecule has 0 aliphatic heterocycles. The van der Waals surface area contributed by atoms with Crippen LogP contribution in [0.4, 0.5) is 4.39 Å². The summed E-state index contributed by atoms with van der Waals surface area (Å²) in [5.74, 6) is -1.04. The van der Waals surface area contributed by atoms with E-state index in [0.717, 1.165) is 38.5 Å². The summed E-state index contributed by atoms with van der Waals surface area (Å²) in [5.41, 5.74) is -0.300. The van der Waals surface area contributed by atoms with E-state index in [0.29, 0.717) is 17.9 Å². The summed E-state index contributed by atoms with van der Waals surface area (Å²) >= 11 is 0. The molecule has 3 unspecified atom stereocenters. The Morgan fingerprint density at radius 1 is 1.20 bits per heavy atom. The van der Waals surface area contributed by atoms with Gasteiger partial charge in [-0.15, -0.1) is 0 Å². The van der Waals surface area contributed by atoms with Crippen molar-refractivity contribution in [1.29, 1.82) is 0 Å². The Morgan fingerprint density at radius 3 is 2.48 bits per heavy atom. The molecule has 1 fully saturated rings. The van der Waals surface area contributed by atoms with Crippen molar-refractivity contribution in [3.05, 3.63) is 23.0 Å². The predicted octanol–water partition coefficient (Wildman–Crippen LogP) is 5.26. The molecule has 142 valence electrons. The van der Waals surface area contributed by atoms with Crippen LogP contribution in [0.2, 0.25) is 0 Å². The van der Waals surface area contributed by atoms with Gasteiger partial charge in [-0.1, -0.05) is 33.1 Å². The van der Waals surface area contributed by atoms with Gasteiger partial charge in [0.15, 0.2) is 11.6 Å². The summed E-state index contributed by atoms with van der Waals surface area (Å²) in [6.45, 7) is 7.71. The van der Waals surface area contributed by atoms with Crippen LogP contribution in [0.15, 0.2) is 6.07 Å². The molecule has 0 heterocycles. The van der Waals surface area contributed by atoms with Gasteiger partial charge in [0.05, 0.1) is 5.60 Å². The van der Waals surface area contributed by atoms with Crippen molar-refractivity contribution in [3.8, 4) is 11.5 Å². The van der Waals surface area contributed by atoms with Crippen LogP contribution in [-0.4, -0.2) is 20.9 Å². The topological polar surface area (TPSA) is 60.7 Å². The Kier molecular flexibility index (Phi) is 6.36. The van der Waals surface area contributed by atoms with Crippen LogP contribution >= 0.6 is 0 Å². The van der Waals surface area contributed by atoms with Crippen LogP contribution in [0.25, 0.3) is 0 Å². The minimum Gasteiger partial charge on any atom is -0.508 e. The summed E-state index contributed by atoms with van der Waals surface area (Å²) in [6, 6.07) is 1.47. The molecular formula is C21H33FO3.